The van der Waals surface area contributed by atoms with E-state index in [1.165, 1.54) is 11.3 Å². The van der Waals surface area contributed by atoms with E-state index >= 15 is 0 Å². The zero-order valence-corrected chi connectivity index (χ0v) is 10.3. The number of nitriles is 1. The monoisotopic (exact) mass is 249 g/mol. The molecule has 1 aromatic heterocycles. The van der Waals surface area contributed by atoms with E-state index in [0.717, 1.165) is 25.7 Å². The molecule has 0 bridgehead atoms. The van der Waals surface area contributed by atoms with Crippen LogP contribution in [-0.4, -0.2) is 11.9 Å². The van der Waals surface area contributed by atoms with Gasteiger partial charge in [0.25, 0.3) is 0 Å². The van der Waals surface area contributed by atoms with Crippen LogP contribution in [0.1, 0.15) is 31.2 Å². The number of amides is 1. The SMILES string of the molecule is N#Cc1ccsc1NC(=O)C1CCC(N)CC1. The van der Waals surface area contributed by atoms with Gasteiger partial charge in [0, 0.05) is 12.0 Å². The number of rotatable bonds is 2. The van der Waals surface area contributed by atoms with Crippen LogP contribution in [0.3, 0.4) is 0 Å². The minimum atomic E-state index is 0.0239. The van der Waals surface area contributed by atoms with E-state index in [4.69, 9.17) is 11.0 Å². The van der Waals surface area contributed by atoms with Gasteiger partial charge in [-0.25, -0.2) is 0 Å². The van der Waals surface area contributed by atoms with Crippen molar-refractivity contribution in [1.82, 2.24) is 0 Å². The summed E-state index contributed by atoms with van der Waals surface area (Å²) in [4.78, 5) is 12.0. The van der Waals surface area contributed by atoms with Gasteiger partial charge in [0.2, 0.25) is 5.91 Å². The lowest BCUT2D eigenvalue weighted by Gasteiger charge is -2.24. The number of nitrogens with two attached hydrogens (primary N) is 1. The van der Waals surface area contributed by atoms with E-state index in [0.29, 0.717) is 10.6 Å². The predicted molar refractivity (Wildman–Crippen MR) is 67.6 cm³/mol. The Morgan fingerprint density at radius 3 is 2.82 bits per heavy atom. The Hall–Kier alpha value is -1.38. The quantitative estimate of drug-likeness (QED) is 0.842. The van der Waals surface area contributed by atoms with Gasteiger partial charge in [-0.05, 0) is 37.1 Å². The first kappa shape index (κ1) is 12.1. The molecule has 2 rings (SSSR count). The third-order valence-corrected chi connectivity index (χ3v) is 3.99. The Bertz CT molecular complexity index is 441. The van der Waals surface area contributed by atoms with Crippen molar-refractivity contribution >= 4 is 22.2 Å². The Kier molecular flexibility index (Phi) is 3.77. The van der Waals surface area contributed by atoms with Crippen LogP contribution in [-0.2, 0) is 4.79 Å². The molecule has 0 atom stereocenters. The van der Waals surface area contributed by atoms with E-state index in [2.05, 4.69) is 11.4 Å². The van der Waals surface area contributed by atoms with Gasteiger partial charge in [0.15, 0.2) is 0 Å². The van der Waals surface area contributed by atoms with Crippen molar-refractivity contribution < 1.29 is 4.79 Å². The number of anilines is 1. The molecule has 1 aliphatic rings. The zero-order valence-electron chi connectivity index (χ0n) is 9.48. The fraction of sp³-hybridized carbons (Fsp3) is 0.500. The van der Waals surface area contributed by atoms with Crippen molar-refractivity contribution in [2.75, 3.05) is 5.32 Å². The molecule has 1 saturated carbocycles. The topological polar surface area (TPSA) is 78.9 Å². The lowest BCUT2D eigenvalue weighted by molar-refractivity contribution is -0.120. The van der Waals surface area contributed by atoms with Crippen molar-refractivity contribution in [3.63, 3.8) is 0 Å². The predicted octanol–water partition coefficient (Wildman–Crippen LogP) is 2.08. The summed E-state index contributed by atoms with van der Waals surface area (Å²) in [5, 5.41) is 14.2. The first-order valence-corrected chi connectivity index (χ1v) is 6.62. The molecule has 1 aromatic rings. The molecule has 0 saturated heterocycles. The Morgan fingerprint density at radius 2 is 2.18 bits per heavy atom. The maximum absolute atomic E-state index is 12.0. The first-order valence-electron chi connectivity index (χ1n) is 5.74. The van der Waals surface area contributed by atoms with E-state index in [9.17, 15) is 4.79 Å². The van der Waals surface area contributed by atoms with Crippen LogP contribution in [0.5, 0.6) is 0 Å². The number of carbonyl (C=O) groups is 1. The van der Waals surface area contributed by atoms with Gasteiger partial charge in [-0.3, -0.25) is 4.79 Å². The van der Waals surface area contributed by atoms with E-state index < -0.39 is 0 Å². The van der Waals surface area contributed by atoms with Crippen LogP contribution in [0, 0.1) is 17.2 Å². The van der Waals surface area contributed by atoms with Crippen molar-refractivity contribution in [2.24, 2.45) is 11.7 Å². The second-order valence-corrected chi connectivity index (χ2v) is 5.29. The number of hydrogen-bond donors (Lipinski definition) is 2. The lowest BCUT2D eigenvalue weighted by atomic mass is 9.86. The molecule has 1 heterocycles. The summed E-state index contributed by atoms with van der Waals surface area (Å²) in [5.41, 5.74) is 6.34. The molecular weight excluding hydrogens is 234 g/mol. The number of carbonyl (C=O) groups excluding carboxylic acids is 1. The van der Waals surface area contributed by atoms with Gasteiger partial charge in [-0.1, -0.05) is 0 Å². The maximum Gasteiger partial charge on any atom is 0.228 e. The third-order valence-electron chi connectivity index (χ3n) is 3.17. The maximum atomic E-state index is 12.0. The minimum absolute atomic E-state index is 0.0239. The van der Waals surface area contributed by atoms with E-state index in [1.54, 1.807) is 6.07 Å². The van der Waals surface area contributed by atoms with Crippen molar-refractivity contribution in [3.8, 4) is 6.07 Å². The van der Waals surface area contributed by atoms with Gasteiger partial charge in [-0.2, -0.15) is 5.26 Å². The van der Waals surface area contributed by atoms with Crippen LogP contribution in [0.15, 0.2) is 11.4 Å². The average Bonchev–Trinajstić information content (AvgIpc) is 2.77. The molecule has 17 heavy (non-hydrogen) atoms. The summed E-state index contributed by atoms with van der Waals surface area (Å²) < 4.78 is 0. The second-order valence-electron chi connectivity index (χ2n) is 4.38. The van der Waals surface area contributed by atoms with Gasteiger partial charge >= 0.3 is 0 Å². The molecule has 3 N–H and O–H groups in total. The molecule has 0 spiro atoms. The largest absolute Gasteiger partial charge is 0.328 e. The molecule has 0 aromatic carbocycles. The fourth-order valence-corrected chi connectivity index (χ4v) is 2.83. The molecule has 4 nitrogen and oxygen atoms in total. The molecule has 1 fully saturated rings. The number of nitrogens with one attached hydrogen (secondary N) is 1. The highest BCUT2D eigenvalue weighted by atomic mass is 32.1. The van der Waals surface area contributed by atoms with Crippen LogP contribution < -0.4 is 11.1 Å². The highest BCUT2D eigenvalue weighted by Crippen LogP contribution is 2.27. The van der Waals surface area contributed by atoms with Gasteiger partial charge in [0.05, 0.1) is 5.56 Å². The zero-order chi connectivity index (χ0) is 12.3. The first-order chi connectivity index (χ1) is 8.20. The smallest absolute Gasteiger partial charge is 0.228 e. The molecule has 5 heteroatoms. The molecule has 1 aliphatic carbocycles. The standard InChI is InChI=1S/C12H15N3OS/c13-7-9-5-6-17-12(9)15-11(16)8-1-3-10(14)4-2-8/h5-6,8,10H,1-4,14H2,(H,15,16). The molecular formula is C12H15N3OS. The fourth-order valence-electron chi connectivity index (χ4n) is 2.09. The number of thiophene rings is 1. The van der Waals surface area contributed by atoms with E-state index in [1.807, 2.05) is 5.38 Å². The Labute approximate surface area is 104 Å². The summed E-state index contributed by atoms with van der Waals surface area (Å²) in [6.07, 6.45) is 3.52. The summed E-state index contributed by atoms with van der Waals surface area (Å²) >= 11 is 1.39. The number of hydrogen-bond acceptors (Lipinski definition) is 4. The van der Waals surface area contributed by atoms with Crippen LogP contribution >= 0.6 is 11.3 Å². The number of nitrogens with zero attached hydrogens (tertiary/aromatic N) is 1. The van der Waals surface area contributed by atoms with Crippen LogP contribution in [0.2, 0.25) is 0 Å². The van der Waals surface area contributed by atoms with Gasteiger partial charge in [-0.15, -0.1) is 11.3 Å². The van der Waals surface area contributed by atoms with Crippen LogP contribution in [0.4, 0.5) is 5.00 Å². The molecule has 1 amide bonds. The Morgan fingerprint density at radius 1 is 1.47 bits per heavy atom. The molecule has 0 aliphatic heterocycles. The summed E-state index contributed by atoms with van der Waals surface area (Å²) in [5.74, 6) is 0.0688. The highest BCUT2D eigenvalue weighted by molar-refractivity contribution is 7.14. The normalized spacial score (nSPS) is 24.0. The average molecular weight is 249 g/mol. The van der Waals surface area contributed by atoms with Gasteiger partial charge in [0.1, 0.15) is 11.1 Å². The van der Waals surface area contributed by atoms with Crippen molar-refractivity contribution in [3.05, 3.63) is 17.0 Å². The van der Waals surface area contributed by atoms with E-state index in [-0.39, 0.29) is 17.9 Å². The third kappa shape index (κ3) is 2.84. The summed E-state index contributed by atoms with van der Waals surface area (Å²) in [6.45, 7) is 0. The molecule has 90 valence electrons. The van der Waals surface area contributed by atoms with Crippen molar-refractivity contribution in [2.45, 2.75) is 31.7 Å². The minimum Gasteiger partial charge on any atom is -0.328 e. The molecule has 0 unspecified atom stereocenters. The Balaban J connectivity index is 1.96. The van der Waals surface area contributed by atoms with Gasteiger partial charge < -0.3 is 11.1 Å². The highest BCUT2D eigenvalue weighted by Gasteiger charge is 2.25. The lowest BCUT2D eigenvalue weighted by Crippen LogP contribution is -2.32. The second kappa shape index (κ2) is 5.30. The van der Waals surface area contributed by atoms with Crippen molar-refractivity contribution in [1.29, 1.82) is 5.26 Å². The van der Waals surface area contributed by atoms with Crippen LogP contribution in [0.25, 0.3) is 0 Å². The summed E-state index contributed by atoms with van der Waals surface area (Å²) in [6, 6.07) is 4.03. The summed E-state index contributed by atoms with van der Waals surface area (Å²) in [7, 11) is 0. The molecule has 0 radical (unpaired) electrons.